The van der Waals surface area contributed by atoms with Crippen LogP contribution in [0, 0.1) is 37.4 Å². The van der Waals surface area contributed by atoms with Crippen molar-refractivity contribution in [1.82, 2.24) is 99.3 Å². The molecule has 0 atom stereocenters. The van der Waals surface area contributed by atoms with E-state index in [2.05, 4.69) is 156 Å². The Morgan fingerprint density at radius 3 is 0.950 bits per heavy atom. The second-order valence-corrected chi connectivity index (χ2v) is 37.7. The summed E-state index contributed by atoms with van der Waals surface area (Å²) in [5, 5.41) is 14.9. The van der Waals surface area contributed by atoms with Crippen molar-refractivity contribution in [3.05, 3.63) is 88.1 Å². The number of benzene rings is 4. The number of rotatable bonds is 26. The first-order valence-corrected chi connectivity index (χ1v) is 45.5. The molecule has 2 fully saturated rings. The Kier molecular flexibility index (Phi) is 27.3. The van der Waals surface area contributed by atoms with Crippen molar-refractivity contribution in [3.8, 4) is 46.0 Å². The minimum Gasteiger partial charge on any atom is -0.454 e. The van der Waals surface area contributed by atoms with Crippen molar-refractivity contribution in [2.75, 3.05) is 76.3 Å². The SMILES string of the molecule is CC(C)(C)C(=O)NCCCn1c(Sc2cc3c(cc2I)OCO3)nc2c(N)ncnc21.CC(C)C(=O)NCCCn1c(Sc2cc3c(cc2I)OCO3)nc2c(N)ncnc21.Nc1ncnc2c1nc(Sc1cc3c(cc1I)OCO3)n2CCCNC(=O)C1CC1.Nc1ncnc2c1nc(Sc1cc3c(cc1I)OCO3)n2CCNC(=O)C1CC1. The van der Waals surface area contributed by atoms with Crippen molar-refractivity contribution < 1.29 is 57.1 Å². The molecular formula is C76H80I4N24O12S4. The molecule has 6 aliphatic rings. The number of hydrogen-bond donors (Lipinski definition) is 8. The van der Waals surface area contributed by atoms with E-state index in [1.807, 2.05) is 101 Å². The van der Waals surface area contributed by atoms with Gasteiger partial charge in [0.2, 0.25) is 50.8 Å². The number of ether oxygens (including phenoxy) is 8. The predicted molar refractivity (Wildman–Crippen MR) is 482 cm³/mol. The number of nitrogen functional groups attached to an aromatic ring is 4. The van der Waals surface area contributed by atoms with E-state index in [9.17, 15) is 19.2 Å². The summed E-state index contributed by atoms with van der Waals surface area (Å²) in [6.45, 7) is 15.0. The number of anilines is 4. The van der Waals surface area contributed by atoms with Crippen LogP contribution in [0.25, 0.3) is 44.7 Å². The molecule has 0 radical (unpaired) electrons. The standard InChI is InChI=1S/C20H23IN6O3S.C19H19IN6O3S.C19H21IN6O3S.C18H17IN6O3S/c1-20(2,3)18(28)23-5-4-6-27-17-15(16(22)24-9-25-17)26-19(27)31-14-8-13-12(7-11(14)21)29-10-30-13;20-11-6-12-13(29-9-28-12)7-14(11)30-19-25-15-16(21)23-8-24-17(15)26(19)5-1-4-22-18(27)10-2-3-10;1-10(2)18(27)22-4-3-5-26-17-15(16(21)23-8-24-17)25-19(26)30-14-7-13-12(6-11(14)20)28-9-29-13;19-10-5-11-12(28-8-27-11)6-13(10)29-18-24-14-15(20)22-7-23-16(14)25(18)4-3-21-17(26)9-1-2-9/h7-9H,4-6,10H2,1-3H3,(H,23,28)(H2,22,24,25);6-8,10H,1-5,9H2,(H,22,27)(H2,21,23,24);6-8,10H,3-5,9H2,1-2H3,(H,22,27)(H2,21,23,24);5-7,9H,1-4,8H2,(H,21,26)(H2,20,22,23). The maximum Gasteiger partial charge on any atom is 0.231 e. The lowest BCUT2D eigenvalue weighted by Crippen LogP contribution is -2.35. The van der Waals surface area contributed by atoms with E-state index in [0.717, 1.165) is 140 Å². The third kappa shape index (κ3) is 20.3. The summed E-state index contributed by atoms with van der Waals surface area (Å²) in [4.78, 5) is 104. The number of fused-ring (bicyclic) bond motifs is 8. The number of imidazole rings is 4. The quantitative estimate of drug-likeness (QED) is 0.0184. The van der Waals surface area contributed by atoms with Crippen LogP contribution < -0.4 is 82.1 Å². The molecule has 44 heteroatoms. The molecule has 12 N–H and O–H groups in total. The third-order valence-electron chi connectivity index (χ3n) is 18.9. The summed E-state index contributed by atoms with van der Waals surface area (Å²) in [5.41, 5.74) is 28.7. The fraction of sp³-hybridized carbons (Fsp3) is 0.368. The van der Waals surface area contributed by atoms with Gasteiger partial charge in [-0.3, -0.25) is 19.2 Å². The van der Waals surface area contributed by atoms with Gasteiger partial charge in [0.25, 0.3) is 0 Å². The molecule has 0 spiro atoms. The number of aromatic nitrogens is 16. The number of amides is 4. The normalized spacial score (nSPS) is 13.9. The number of carbonyl (C=O) groups excluding carboxylic acids is 4. The molecule has 2 aliphatic carbocycles. The lowest BCUT2D eigenvalue weighted by molar-refractivity contribution is -0.128. The molecule has 12 heterocycles. The van der Waals surface area contributed by atoms with Gasteiger partial charge in [-0.15, -0.1) is 0 Å². The minimum absolute atomic E-state index is 0.0269. The second kappa shape index (κ2) is 38.1. The molecule has 628 valence electrons. The topological polar surface area (TPSA) is 469 Å². The highest BCUT2D eigenvalue weighted by Crippen LogP contribution is 2.47. The van der Waals surface area contributed by atoms with E-state index in [4.69, 9.17) is 75.8 Å². The average Bonchev–Trinajstić information content (AvgIpc) is 1.63. The molecular weight excluding hydrogens is 2080 g/mol. The summed E-state index contributed by atoms with van der Waals surface area (Å²) >= 11 is 15.1. The van der Waals surface area contributed by atoms with E-state index in [-0.39, 0.29) is 68.6 Å². The van der Waals surface area contributed by atoms with Crippen molar-refractivity contribution in [3.63, 3.8) is 0 Å². The zero-order valence-electron chi connectivity index (χ0n) is 65.1. The van der Waals surface area contributed by atoms with Crippen LogP contribution in [0.2, 0.25) is 0 Å². The van der Waals surface area contributed by atoms with Gasteiger partial charge < -0.3 is 100 Å². The molecule has 18 rings (SSSR count). The van der Waals surface area contributed by atoms with Crippen LogP contribution in [0.1, 0.15) is 79.6 Å². The summed E-state index contributed by atoms with van der Waals surface area (Å²) < 4.78 is 56.0. The number of halogens is 4. The smallest absolute Gasteiger partial charge is 0.231 e. The van der Waals surface area contributed by atoms with Crippen molar-refractivity contribution in [2.45, 2.75) is 146 Å². The number of nitrogens with zero attached hydrogens (tertiary/aromatic N) is 16. The Morgan fingerprint density at radius 2 is 0.667 bits per heavy atom. The Hall–Kier alpha value is -9.12. The minimum atomic E-state index is -0.416. The van der Waals surface area contributed by atoms with E-state index in [1.165, 1.54) is 72.4 Å². The summed E-state index contributed by atoms with van der Waals surface area (Å²) in [5.74, 6) is 7.91. The van der Waals surface area contributed by atoms with Gasteiger partial charge in [0, 0.05) is 109 Å². The van der Waals surface area contributed by atoms with Gasteiger partial charge in [-0.05, 0) is 184 Å². The summed E-state index contributed by atoms with van der Waals surface area (Å²) in [7, 11) is 0. The highest BCUT2D eigenvalue weighted by atomic mass is 127. The number of nitrogens with one attached hydrogen (secondary N) is 4. The van der Waals surface area contributed by atoms with Crippen molar-refractivity contribution in [1.29, 1.82) is 0 Å². The van der Waals surface area contributed by atoms with Crippen LogP contribution in [0.4, 0.5) is 23.3 Å². The first-order valence-electron chi connectivity index (χ1n) is 37.9. The van der Waals surface area contributed by atoms with Crippen LogP contribution >= 0.6 is 137 Å². The van der Waals surface area contributed by atoms with Gasteiger partial charge in [-0.25, -0.2) is 59.8 Å². The number of nitrogens with two attached hydrogens (primary N) is 4. The predicted octanol–water partition coefficient (Wildman–Crippen LogP) is 11.7. The van der Waals surface area contributed by atoms with E-state index in [0.29, 0.717) is 126 Å². The summed E-state index contributed by atoms with van der Waals surface area (Å²) in [6.07, 6.45) is 11.9. The highest BCUT2D eigenvalue weighted by molar-refractivity contribution is 14.1. The molecule has 36 nitrogen and oxygen atoms in total. The first-order chi connectivity index (χ1) is 57.9. The van der Waals surface area contributed by atoms with E-state index >= 15 is 0 Å². The van der Waals surface area contributed by atoms with Gasteiger partial charge in [0.1, 0.15) is 25.3 Å². The van der Waals surface area contributed by atoms with E-state index in [1.54, 1.807) is 0 Å². The molecule has 120 heavy (non-hydrogen) atoms. The van der Waals surface area contributed by atoms with Gasteiger partial charge in [0.15, 0.2) is 135 Å². The van der Waals surface area contributed by atoms with Gasteiger partial charge in [-0.1, -0.05) is 81.7 Å². The fourth-order valence-corrected chi connectivity index (χ4v) is 19.1. The van der Waals surface area contributed by atoms with Crippen molar-refractivity contribution in [2.24, 2.45) is 23.2 Å². The van der Waals surface area contributed by atoms with Crippen LogP contribution in [0.15, 0.2) is 114 Å². The van der Waals surface area contributed by atoms with Crippen LogP contribution in [-0.4, -0.2) is 155 Å². The Bertz CT molecular complexity index is 5740. The Balaban J connectivity index is 0.000000125. The number of aryl methyl sites for hydroxylation is 3. The maximum absolute atomic E-state index is 12.1. The fourth-order valence-electron chi connectivity index (χ4n) is 12.2. The molecule has 4 aromatic carbocycles. The van der Waals surface area contributed by atoms with Gasteiger partial charge >= 0.3 is 0 Å². The lowest BCUT2D eigenvalue weighted by Gasteiger charge is -2.17. The van der Waals surface area contributed by atoms with Gasteiger partial charge in [0.05, 0.1) is 0 Å². The molecule has 0 unspecified atom stereocenters. The van der Waals surface area contributed by atoms with Gasteiger partial charge in [-0.2, -0.15) is 0 Å². The van der Waals surface area contributed by atoms with Crippen LogP contribution in [0.3, 0.4) is 0 Å². The largest absolute Gasteiger partial charge is 0.454 e. The Labute approximate surface area is 757 Å². The monoisotopic (exact) mass is 2160 g/mol. The lowest BCUT2D eigenvalue weighted by atomic mass is 9.96. The summed E-state index contributed by atoms with van der Waals surface area (Å²) in [6, 6.07) is 15.6. The van der Waals surface area contributed by atoms with Crippen molar-refractivity contribution >= 4 is 229 Å². The molecule has 8 aromatic heterocycles. The number of carbonyl (C=O) groups is 4. The van der Waals surface area contributed by atoms with Crippen LogP contribution in [0.5, 0.6) is 46.0 Å². The maximum atomic E-state index is 12.1. The third-order valence-corrected chi connectivity index (χ3v) is 28.2. The molecule has 4 amide bonds. The molecule has 12 aromatic rings. The first kappa shape index (κ1) is 85.8. The Morgan fingerprint density at radius 1 is 0.400 bits per heavy atom. The molecule has 0 saturated heterocycles. The molecule has 4 aliphatic heterocycles. The molecule has 0 bridgehead atoms. The zero-order valence-corrected chi connectivity index (χ0v) is 77.0. The second-order valence-electron chi connectivity index (χ2n) is 29.0. The molecule has 2 saturated carbocycles. The van der Waals surface area contributed by atoms with Crippen LogP contribution in [-0.2, 0) is 45.4 Å². The number of hydrogen-bond acceptors (Lipinski definition) is 32. The average molecular weight is 2160 g/mol. The zero-order chi connectivity index (χ0) is 84.0. The highest BCUT2D eigenvalue weighted by Gasteiger charge is 2.32. The van der Waals surface area contributed by atoms with E-state index < -0.39 is 5.41 Å².